The number of nitrogens with one attached hydrogen (secondary N) is 1. The van der Waals surface area contributed by atoms with Crippen molar-refractivity contribution in [3.8, 4) is 0 Å². The maximum absolute atomic E-state index is 12.3. The van der Waals surface area contributed by atoms with E-state index in [-0.39, 0.29) is 12.2 Å². The Labute approximate surface area is 110 Å². The fourth-order valence-corrected chi connectivity index (χ4v) is 2.60. The minimum Gasteiger partial charge on any atom is -0.325 e. The number of hydrogen-bond donors (Lipinski definition) is 1. The Kier molecular flexibility index (Phi) is 5.80. The van der Waals surface area contributed by atoms with Crippen LogP contribution in [0.5, 0.6) is 0 Å². The zero-order valence-corrected chi connectivity index (χ0v) is 12.5. The van der Waals surface area contributed by atoms with Crippen LogP contribution in [0.1, 0.15) is 40.5 Å². The van der Waals surface area contributed by atoms with Crippen LogP contribution in [-0.2, 0) is 4.79 Å². The molecule has 1 aliphatic rings. The zero-order valence-electron chi connectivity index (χ0n) is 11.7. The molecule has 0 aromatic rings. The maximum atomic E-state index is 12.3. The van der Waals surface area contributed by atoms with Crippen LogP contribution >= 0.6 is 11.8 Å². The molecule has 0 aliphatic carbocycles. The van der Waals surface area contributed by atoms with Crippen LogP contribution in [0.15, 0.2) is 0 Å². The molecule has 100 valence electrons. The molecule has 4 heteroatoms. The lowest BCUT2D eigenvalue weighted by Gasteiger charge is -2.25. The number of thioether (sulfide) groups is 1. The Morgan fingerprint density at radius 1 is 1.41 bits per heavy atom. The Bertz CT molecular complexity index is 258. The predicted octanol–water partition coefficient (Wildman–Crippen LogP) is 2.32. The van der Waals surface area contributed by atoms with Crippen LogP contribution < -0.4 is 5.32 Å². The lowest BCUT2D eigenvalue weighted by Crippen LogP contribution is -2.40. The van der Waals surface area contributed by atoms with Gasteiger partial charge < -0.3 is 4.90 Å². The second-order valence-corrected chi connectivity index (χ2v) is 6.59. The Hall–Kier alpha value is -0.220. The smallest absolute Gasteiger partial charge is 0.241 e. The number of nitrogens with zero attached hydrogens (tertiary/aromatic N) is 1. The highest BCUT2D eigenvalue weighted by Crippen LogP contribution is 2.20. The lowest BCUT2D eigenvalue weighted by atomic mass is 10.0. The first-order valence-corrected chi connectivity index (χ1v) is 7.87. The van der Waals surface area contributed by atoms with Crippen molar-refractivity contribution in [2.75, 3.05) is 12.8 Å². The molecule has 3 atom stereocenters. The van der Waals surface area contributed by atoms with Gasteiger partial charge in [-0.3, -0.25) is 10.1 Å². The minimum atomic E-state index is 0.0361. The van der Waals surface area contributed by atoms with Crippen LogP contribution in [0.4, 0.5) is 0 Å². The van der Waals surface area contributed by atoms with Gasteiger partial charge in [-0.15, -0.1) is 0 Å². The molecule has 1 amide bonds. The van der Waals surface area contributed by atoms with Crippen LogP contribution in [0.25, 0.3) is 0 Å². The predicted molar refractivity (Wildman–Crippen MR) is 75.1 cm³/mol. The first-order chi connectivity index (χ1) is 7.99. The van der Waals surface area contributed by atoms with E-state index in [0.29, 0.717) is 17.1 Å². The molecule has 1 heterocycles. The van der Waals surface area contributed by atoms with E-state index < -0.39 is 0 Å². The van der Waals surface area contributed by atoms with Crippen molar-refractivity contribution in [3.05, 3.63) is 0 Å². The number of amides is 1. The van der Waals surface area contributed by atoms with Gasteiger partial charge in [0.05, 0.1) is 12.2 Å². The summed E-state index contributed by atoms with van der Waals surface area (Å²) in [4.78, 5) is 14.4. The molecule has 0 aromatic carbocycles. The minimum absolute atomic E-state index is 0.0361. The molecule has 3 nitrogen and oxygen atoms in total. The summed E-state index contributed by atoms with van der Waals surface area (Å²) in [6.07, 6.45) is 4.27. The van der Waals surface area contributed by atoms with Crippen molar-refractivity contribution in [2.45, 2.75) is 58.0 Å². The molecule has 0 spiro atoms. The molecule has 1 aliphatic heterocycles. The van der Waals surface area contributed by atoms with E-state index >= 15 is 0 Å². The monoisotopic (exact) mass is 258 g/mol. The van der Waals surface area contributed by atoms with E-state index in [0.717, 1.165) is 19.4 Å². The third-order valence-electron chi connectivity index (χ3n) is 3.30. The van der Waals surface area contributed by atoms with Gasteiger partial charge in [-0.25, -0.2) is 0 Å². The normalized spacial score (nSPS) is 26.9. The van der Waals surface area contributed by atoms with Gasteiger partial charge in [0.15, 0.2) is 0 Å². The number of carbonyl (C=O) groups is 1. The Balaban J connectivity index is 2.64. The van der Waals surface area contributed by atoms with Gasteiger partial charge in [0.25, 0.3) is 0 Å². The molecule has 0 radical (unpaired) electrons. The van der Waals surface area contributed by atoms with Gasteiger partial charge in [0, 0.05) is 11.8 Å². The summed E-state index contributed by atoms with van der Waals surface area (Å²) < 4.78 is 0. The summed E-state index contributed by atoms with van der Waals surface area (Å²) in [7, 11) is 0. The molecular formula is C13H26N2OS. The first kappa shape index (κ1) is 14.8. The number of rotatable bonds is 6. The molecule has 1 N–H and O–H groups in total. The molecule has 1 saturated heterocycles. The average molecular weight is 258 g/mol. The Morgan fingerprint density at radius 2 is 2.06 bits per heavy atom. The number of carbonyl (C=O) groups excluding carboxylic acids is 1. The molecule has 1 rings (SSSR count). The van der Waals surface area contributed by atoms with Gasteiger partial charge in [0.1, 0.15) is 0 Å². The van der Waals surface area contributed by atoms with Crippen molar-refractivity contribution >= 4 is 17.7 Å². The maximum Gasteiger partial charge on any atom is 0.241 e. The molecular weight excluding hydrogens is 232 g/mol. The quantitative estimate of drug-likeness (QED) is 0.793. The molecule has 17 heavy (non-hydrogen) atoms. The van der Waals surface area contributed by atoms with Gasteiger partial charge in [-0.2, -0.15) is 11.8 Å². The van der Waals surface area contributed by atoms with Gasteiger partial charge in [0.2, 0.25) is 5.91 Å². The van der Waals surface area contributed by atoms with Crippen molar-refractivity contribution in [1.29, 1.82) is 0 Å². The molecule has 0 aromatic heterocycles. The van der Waals surface area contributed by atoms with E-state index in [2.05, 4.69) is 39.3 Å². The second kappa shape index (κ2) is 6.64. The molecule has 0 saturated carbocycles. The number of hydrogen-bond acceptors (Lipinski definition) is 3. The van der Waals surface area contributed by atoms with Crippen molar-refractivity contribution in [3.63, 3.8) is 0 Å². The third-order valence-corrected chi connectivity index (χ3v) is 4.25. The average Bonchev–Trinajstić information content (AvgIpc) is 2.56. The van der Waals surface area contributed by atoms with Crippen LogP contribution in [0.2, 0.25) is 0 Å². The van der Waals surface area contributed by atoms with E-state index in [1.165, 1.54) is 0 Å². The van der Waals surface area contributed by atoms with E-state index in [1.807, 2.05) is 16.7 Å². The fraction of sp³-hybridized carbons (Fsp3) is 0.923. The topological polar surface area (TPSA) is 32.3 Å². The summed E-state index contributed by atoms with van der Waals surface area (Å²) in [5.41, 5.74) is 0. The summed E-state index contributed by atoms with van der Waals surface area (Å²) in [5, 5.41) is 3.98. The van der Waals surface area contributed by atoms with Crippen molar-refractivity contribution < 1.29 is 4.79 Å². The summed E-state index contributed by atoms with van der Waals surface area (Å²) in [6, 6.07) is 0.0361. The zero-order chi connectivity index (χ0) is 13.0. The summed E-state index contributed by atoms with van der Waals surface area (Å²) in [5.74, 6) is 0.860. The van der Waals surface area contributed by atoms with E-state index in [1.54, 1.807) is 0 Å². The second-order valence-electron chi connectivity index (χ2n) is 5.31. The first-order valence-electron chi connectivity index (χ1n) is 6.58. The van der Waals surface area contributed by atoms with Crippen molar-refractivity contribution in [1.82, 2.24) is 10.2 Å². The summed E-state index contributed by atoms with van der Waals surface area (Å²) >= 11 is 1.82. The van der Waals surface area contributed by atoms with Gasteiger partial charge in [-0.05, 0) is 25.0 Å². The van der Waals surface area contributed by atoms with Crippen LogP contribution in [0, 0.1) is 5.92 Å². The largest absolute Gasteiger partial charge is 0.325 e. The molecule has 1 fully saturated rings. The lowest BCUT2D eigenvalue weighted by molar-refractivity contribution is -0.130. The molecule has 3 unspecified atom stereocenters. The van der Waals surface area contributed by atoms with E-state index in [9.17, 15) is 4.79 Å². The van der Waals surface area contributed by atoms with Crippen LogP contribution in [0.3, 0.4) is 0 Å². The Morgan fingerprint density at radius 3 is 2.53 bits per heavy atom. The van der Waals surface area contributed by atoms with Crippen molar-refractivity contribution in [2.24, 2.45) is 5.92 Å². The van der Waals surface area contributed by atoms with Crippen LogP contribution in [-0.4, -0.2) is 41.1 Å². The van der Waals surface area contributed by atoms with E-state index in [4.69, 9.17) is 0 Å². The SMILES string of the molecule is CCC1NC(CC(C)C)C(=O)N1CC(C)SC. The fourth-order valence-electron chi connectivity index (χ4n) is 2.29. The highest BCUT2D eigenvalue weighted by atomic mass is 32.2. The summed E-state index contributed by atoms with van der Waals surface area (Å²) in [6.45, 7) is 9.52. The standard InChI is InChI=1S/C13H26N2OS/c1-6-12-14-11(7-9(2)3)13(16)15(12)8-10(4)17-5/h9-12,14H,6-8H2,1-5H3. The van der Waals surface area contributed by atoms with Gasteiger partial charge >= 0.3 is 0 Å². The highest BCUT2D eigenvalue weighted by Gasteiger charge is 2.38. The molecule has 0 bridgehead atoms. The highest BCUT2D eigenvalue weighted by molar-refractivity contribution is 7.99. The van der Waals surface area contributed by atoms with Gasteiger partial charge in [-0.1, -0.05) is 27.7 Å². The third kappa shape index (κ3) is 3.88.